The van der Waals surface area contributed by atoms with Gasteiger partial charge >= 0.3 is 0 Å². The second kappa shape index (κ2) is 9.51. The van der Waals surface area contributed by atoms with Crippen LogP contribution in [0, 0.1) is 3.57 Å². The molecule has 0 aliphatic carbocycles. The van der Waals surface area contributed by atoms with Crippen molar-refractivity contribution < 1.29 is 13.2 Å². The summed E-state index contributed by atoms with van der Waals surface area (Å²) in [4.78, 5) is 13.6. The summed E-state index contributed by atoms with van der Waals surface area (Å²) in [5.41, 5.74) is 3.51. The van der Waals surface area contributed by atoms with E-state index in [1.807, 2.05) is 17.5 Å². The van der Waals surface area contributed by atoms with Gasteiger partial charge in [-0.3, -0.25) is 9.10 Å². The maximum Gasteiger partial charge on any atom is 0.264 e. The molecule has 3 rings (SSSR count). The summed E-state index contributed by atoms with van der Waals surface area (Å²) in [6, 6.07) is 18.8. The number of hydrogen-bond acceptors (Lipinski definition) is 5. The van der Waals surface area contributed by atoms with Crippen LogP contribution in [0.5, 0.6) is 0 Å². The van der Waals surface area contributed by atoms with Crippen molar-refractivity contribution in [3.8, 4) is 0 Å². The van der Waals surface area contributed by atoms with Crippen LogP contribution in [-0.4, -0.2) is 26.6 Å². The molecule has 0 spiro atoms. The second-order valence-electron chi connectivity index (χ2n) is 6.01. The van der Waals surface area contributed by atoms with Gasteiger partial charge in [-0.25, -0.2) is 13.8 Å². The number of carbonyl (C=O) groups is 1. The lowest BCUT2D eigenvalue weighted by Crippen LogP contribution is -2.39. The van der Waals surface area contributed by atoms with E-state index < -0.39 is 15.9 Å². The zero-order valence-corrected chi connectivity index (χ0v) is 19.2. The Morgan fingerprint density at radius 2 is 1.76 bits per heavy atom. The number of hydrogen-bond donors (Lipinski definition) is 1. The highest BCUT2D eigenvalue weighted by molar-refractivity contribution is 14.1. The number of hydrazone groups is 1. The molecule has 9 heteroatoms. The number of anilines is 1. The quantitative estimate of drug-likeness (QED) is 0.279. The van der Waals surface area contributed by atoms with Gasteiger partial charge in [0.15, 0.2) is 0 Å². The summed E-state index contributed by atoms with van der Waals surface area (Å²) < 4.78 is 28.4. The minimum Gasteiger partial charge on any atom is -0.271 e. The van der Waals surface area contributed by atoms with Crippen molar-refractivity contribution in [3.63, 3.8) is 0 Å². The van der Waals surface area contributed by atoms with E-state index in [0.29, 0.717) is 11.4 Å². The highest BCUT2D eigenvalue weighted by Gasteiger charge is 2.27. The third-order valence-corrected chi connectivity index (χ3v) is 7.44. The Labute approximate surface area is 187 Å². The van der Waals surface area contributed by atoms with Crippen LogP contribution < -0.4 is 9.73 Å². The van der Waals surface area contributed by atoms with Gasteiger partial charge in [0.1, 0.15) is 6.54 Å². The number of halogens is 1. The Morgan fingerprint density at radius 3 is 2.38 bits per heavy atom. The summed E-state index contributed by atoms with van der Waals surface area (Å²) in [5.74, 6) is -0.529. The molecule has 1 N–H and O–H groups in total. The number of nitrogens with one attached hydrogen (secondary N) is 1. The van der Waals surface area contributed by atoms with Crippen LogP contribution in [0.25, 0.3) is 0 Å². The molecule has 0 unspecified atom stereocenters. The van der Waals surface area contributed by atoms with Crippen LogP contribution >= 0.6 is 33.9 Å². The predicted octanol–water partition coefficient (Wildman–Crippen LogP) is 4.09. The Balaban J connectivity index is 1.86. The monoisotopic (exact) mass is 539 g/mol. The molecule has 0 fully saturated rings. The van der Waals surface area contributed by atoms with Crippen LogP contribution in [0.3, 0.4) is 0 Å². The predicted molar refractivity (Wildman–Crippen MR) is 125 cm³/mol. The molecular formula is C20H18IN3O3S2. The lowest BCUT2D eigenvalue weighted by atomic mass is 10.3. The van der Waals surface area contributed by atoms with E-state index in [4.69, 9.17) is 0 Å². The fourth-order valence-corrected chi connectivity index (χ4v) is 4.97. The maximum absolute atomic E-state index is 13.2. The van der Waals surface area contributed by atoms with Gasteiger partial charge in [0.25, 0.3) is 15.9 Å². The summed E-state index contributed by atoms with van der Waals surface area (Å²) in [6.45, 7) is 1.39. The first-order chi connectivity index (χ1) is 13.9. The van der Waals surface area contributed by atoms with Crippen LogP contribution in [-0.2, 0) is 14.8 Å². The van der Waals surface area contributed by atoms with Gasteiger partial charge in [-0.1, -0.05) is 24.3 Å². The van der Waals surface area contributed by atoms with Crippen molar-refractivity contribution in [2.45, 2.75) is 11.8 Å². The third kappa shape index (κ3) is 5.43. The average Bonchev–Trinajstić information content (AvgIpc) is 3.26. The minimum absolute atomic E-state index is 0.115. The van der Waals surface area contributed by atoms with E-state index in [-0.39, 0.29) is 11.4 Å². The number of sulfonamides is 1. The lowest BCUT2D eigenvalue weighted by Gasteiger charge is -2.23. The number of benzene rings is 2. The summed E-state index contributed by atoms with van der Waals surface area (Å²) in [5, 5.41) is 6.00. The molecule has 2 aromatic carbocycles. The van der Waals surface area contributed by atoms with Crippen molar-refractivity contribution in [2.75, 3.05) is 10.8 Å². The van der Waals surface area contributed by atoms with Crippen LogP contribution in [0.1, 0.15) is 11.8 Å². The third-order valence-electron chi connectivity index (χ3n) is 3.96. The molecule has 29 heavy (non-hydrogen) atoms. The number of thiophene rings is 1. The Bertz CT molecular complexity index is 1100. The first-order valence-electron chi connectivity index (χ1n) is 8.58. The number of carbonyl (C=O) groups excluding carboxylic acids is 1. The molecule has 0 radical (unpaired) electrons. The van der Waals surface area contributed by atoms with Gasteiger partial charge in [0.2, 0.25) is 0 Å². The fraction of sp³-hybridized carbons (Fsp3) is 0.100. The molecule has 1 heterocycles. The van der Waals surface area contributed by atoms with E-state index in [2.05, 4.69) is 33.1 Å². The molecule has 0 saturated carbocycles. The van der Waals surface area contributed by atoms with E-state index in [1.54, 1.807) is 49.4 Å². The van der Waals surface area contributed by atoms with E-state index in [1.165, 1.54) is 23.5 Å². The van der Waals surface area contributed by atoms with Crippen molar-refractivity contribution in [1.82, 2.24) is 5.43 Å². The van der Waals surface area contributed by atoms with E-state index in [0.717, 1.165) is 12.8 Å². The highest BCUT2D eigenvalue weighted by Crippen LogP contribution is 2.24. The SMILES string of the molecule is C/C(=N/NC(=O)CN(c1ccc(I)cc1)S(=O)(=O)c1ccccc1)c1cccs1. The zero-order valence-electron chi connectivity index (χ0n) is 15.4. The molecule has 0 atom stereocenters. The normalized spacial score (nSPS) is 11.9. The topological polar surface area (TPSA) is 78.8 Å². The molecule has 0 aliphatic heterocycles. The second-order valence-corrected chi connectivity index (χ2v) is 10.1. The lowest BCUT2D eigenvalue weighted by molar-refractivity contribution is -0.119. The molecule has 0 aliphatic rings. The first kappa shape index (κ1) is 21.5. The molecule has 6 nitrogen and oxygen atoms in total. The van der Waals surface area contributed by atoms with Gasteiger partial charge < -0.3 is 0 Å². The fourth-order valence-electron chi connectivity index (χ4n) is 2.49. The van der Waals surface area contributed by atoms with Gasteiger partial charge in [-0.05, 0) is 77.4 Å². The molecule has 0 saturated heterocycles. The Kier molecular flexibility index (Phi) is 7.04. The summed E-state index contributed by atoms with van der Waals surface area (Å²) in [6.07, 6.45) is 0. The number of rotatable bonds is 7. The van der Waals surface area contributed by atoms with Gasteiger partial charge in [0, 0.05) is 8.45 Å². The van der Waals surface area contributed by atoms with E-state index >= 15 is 0 Å². The van der Waals surface area contributed by atoms with Gasteiger partial charge in [0.05, 0.1) is 16.3 Å². The minimum atomic E-state index is -3.92. The molecule has 1 aromatic heterocycles. The maximum atomic E-state index is 13.2. The molecule has 1 amide bonds. The molecular weight excluding hydrogens is 521 g/mol. The average molecular weight is 539 g/mol. The first-order valence-corrected chi connectivity index (χ1v) is 12.0. The van der Waals surface area contributed by atoms with Crippen molar-refractivity contribution >= 4 is 61.3 Å². The largest absolute Gasteiger partial charge is 0.271 e. The van der Waals surface area contributed by atoms with Crippen molar-refractivity contribution in [3.05, 3.63) is 80.6 Å². The standard InChI is InChI=1S/C20H18IN3O3S2/c1-15(19-8-5-13-28-19)22-23-20(25)14-24(17-11-9-16(21)10-12-17)29(26,27)18-6-3-2-4-7-18/h2-13H,14H2,1H3,(H,23,25)/b22-15-. The van der Waals surface area contributed by atoms with Crippen LogP contribution in [0.2, 0.25) is 0 Å². The number of nitrogens with zero attached hydrogens (tertiary/aromatic N) is 2. The summed E-state index contributed by atoms with van der Waals surface area (Å²) in [7, 11) is -3.92. The van der Waals surface area contributed by atoms with Gasteiger partial charge in [-0.15, -0.1) is 11.3 Å². The van der Waals surface area contributed by atoms with Crippen molar-refractivity contribution in [2.24, 2.45) is 5.10 Å². The zero-order chi connectivity index (χ0) is 20.9. The summed E-state index contributed by atoms with van der Waals surface area (Å²) >= 11 is 3.65. The van der Waals surface area contributed by atoms with Crippen LogP contribution in [0.15, 0.2) is 82.1 Å². The van der Waals surface area contributed by atoms with E-state index in [9.17, 15) is 13.2 Å². The Morgan fingerprint density at radius 1 is 1.07 bits per heavy atom. The molecule has 3 aromatic rings. The van der Waals surface area contributed by atoms with Crippen LogP contribution in [0.4, 0.5) is 5.69 Å². The molecule has 0 bridgehead atoms. The number of amides is 1. The highest BCUT2D eigenvalue weighted by atomic mass is 127. The molecule has 150 valence electrons. The smallest absolute Gasteiger partial charge is 0.264 e. The van der Waals surface area contributed by atoms with Crippen molar-refractivity contribution in [1.29, 1.82) is 0 Å². The Hall–Kier alpha value is -2.24. The van der Waals surface area contributed by atoms with Gasteiger partial charge in [-0.2, -0.15) is 5.10 Å².